The van der Waals surface area contributed by atoms with Crippen LogP contribution in [0.4, 0.5) is 5.69 Å². The zero-order valence-electron chi connectivity index (χ0n) is 20.4. The van der Waals surface area contributed by atoms with Gasteiger partial charge in [0.05, 0.1) is 24.4 Å². The van der Waals surface area contributed by atoms with Gasteiger partial charge in [-0.1, -0.05) is 26.0 Å². The molecule has 0 spiro atoms. The second-order valence-corrected chi connectivity index (χ2v) is 8.01. The summed E-state index contributed by atoms with van der Waals surface area (Å²) in [6, 6.07) is 7.33. The third-order valence-corrected chi connectivity index (χ3v) is 5.19. The Kier molecular flexibility index (Phi) is 9.41. The molecule has 9 heteroatoms. The van der Waals surface area contributed by atoms with Gasteiger partial charge in [-0.05, 0) is 51.3 Å². The Morgan fingerprint density at radius 3 is 1.82 bits per heavy atom. The predicted molar refractivity (Wildman–Crippen MR) is 125 cm³/mol. The van der Waals surface area contributed by atoms with E-state index >= 15 is 0 Å². The molecule has 1 heterocycles. The van der Waals surface area contributed by atoms with E-state index in [2.05, 4.69) is 24.5 Å². The molecule has 0 radical (unpaired) electrons. The van der Waals surface area contributed by atoms with Crippen molar-refractivity contribution in [3.05, 3.63) is 52.4 Å². The molecule has 1 aromatic rings. The Morgan fingerprint density at radius 2 is 1.38 bits per heavy atom. The normalized spacial score (nSPS) is 14.0. The molecule has 1 aliphatic heterocycles. The first-order valence-corrected chi connectivity index (χ1v) is 11.2. The molecule has 0 atom stereocenters. The van der Waals surface area contributed by atoms with E-state index in [4.69, 9.17) is 14.2 Å². The third kappa shape index (κ3) is 6.46. The fourth-order valence-electron chi connectivity index (χ4n) is 3.56. The van der Waals surface area contributed by atoms with Crippen molar-refractivity contribution in [3.8, 4) is 0 Å². The van der Waals surface area contributed by atoms with Crippen LogP contribution < -0.4 is 10.6 Å². The monoisotopic (exact) mass is 472 g/mol. The van der Waals surface area contributed by atoms with E-state index < -0.39 is 36.3 Å². The van der Waals surface area contributed by atoms with Gasteiger partial charge in [0.1, 0.15) is 5.92 Å². The van der Waals surface area contributed by atoms with E-state index in [9.17, 15) is 19.2 Å². The van der Waals surface area contributed by atoms with E-state index in [1.165, 1.54) is 0 Å². The second-order valence-electron chi connectivity index (χ2n) is 8.01. The molecule has 0 saturated carbocycles. The summed E-state index contributed by atoms with van der Waals surface area (Å²) in [7, 11) is 0. The number of benzene rings is 1. The third-order valence-electron chi connectivity index (χ3n) is 5.19. The van der Waals surface area contributed by atoms with Gasteiger partial charge in [0.2, 0.25) is 0 Å². The van der Waals surface area contributed by atoms with Gasteiger partial charge in [-0.2, -0.15) is 0 Å². The summed E-state index contributed by atoms with van der Waals surface area (Å²) in [5, 5.41) is 5.58. The van der Waals surface area contributed by atoms with Crippen LogP contribution in [0, 0.1) is 5.92 Å². The highest BCUT2D eigenvalue weighted by atomic mass is 16.5. The van der Waals surface area contributed by atoms with Gasteiger partial charge >= 0.3 is 17.9 Å². The number of ether oxygens (including phenoxy) is 3. The fraction of sp³-hybridized carbons (Fsp3) is 0.440. The lowest BCUT2D eigenvalue weighted by Gasteiger charge is -2.28. The van der Waals surface area contributed by atoms with Gasteiger partial charge in [0.25, 0.3) is 5.91 Å². The van der Waals surface area contributed by atoms with Crippen LogP contribution in [0.2, 0.25) is 0 Å². The molecule has 0 unspecified atom stereocenters. The summed E-state index contributed by atoms with van der Waals surface area (Å²) in [6.45, 7) is 10.1. The molecule has 9 nitrogen and oxygen atoms in total. The number of hydrogen-bond donors (Lipinski definition) is 2. The van der Waals surface area contributed by atoms with Crippen molar-refractivity contribution in [2.45, 2.75) is 47.5 Å². The molecule has 0 bridgehead atoms. The van der Waals surface area contributed by atoms with E-state index in [0.717, 1.165) is 5.56 Å². The number of amides is 1. The SMILES string of the molecule is CCOC(=O)C1=C(C)NC(C)=C(C(=O)OCC)C1C(=O)OCC(=O)Nc1ccc(C(C)C)cc1. The van der Waals surface area contributed by atoms with E-state index in [1.54, 1.807) is 39.8 Å². The Bertz CT molecular complexity index is 967. The number of esters is 3. The molecule has 0 aromatic heterocycles. The van der Waals surface area contributed by atoms with Crippen LogP contribution in [0.5, 0.6) is 0 Å². The Labute approximate surface area is 199 Å². The van der Waals surface area contributed by atoms with Crippen molar-refractivity contribution in [2.24, 2.45) is 5.92 Å². The standard InChI is InChI=1S/C25H32N2O7/c1-7-32-23(29)20-15(5)26-16(6)21(24(30)33-8-2)22(20)25(31)34-13-19(28)27-18-11-9-17(10-12-18)14(3)4/h9-12,14,22,26H,7-8,13H2,1-6H3,(H,27,28). The minimum atomic E-state index is -1.39. The number of anilines is 1. The molecule has 184 valence electrons. The Balaban J connectivity index is 2.21. The van der Waals surface area contributed by atoms with Crippen molar-refractivity contribution in [2.75, 3.05) is 25.1 Å². The van der Waals surface area contributed by atoms with Crippen LogP contribution in [0.3, 0.4) is 0 Å². The van der Waals surface area contributed by atoms with Gasteiger partial charge in [0, 0.05) is 17.1 Å². The summed E-state index contributed by atoms with van der Waals surface area (Å²) in [4.78, 5) is 50.7. The molecule has 1 aliphatic rings. The van der Waals surface area contributed by atoms with Crippen LogP contribution in [0.15, 0.2) is 46.8 Å². The molecule has 1 aromatic carbocycles. The molecular weight excluding hydrogens is 440 g/mol. The van der Waals surface area contributed by atoms with Gasteiger partial charge in [-0.3, -0.25) is 9.59 Å². The highest BCUT2D eigenvalue weighted by molar-refractivity contribution is 6.06. The molecule has 2 rings (SSSR count). The van der Waals surface area contributed by atoms with Crippen molar-refractivity contribution >= 4 is 29.5 Å². The summed E-state index contributed by atoms with van der Waals surface area (Å²) >= 11 is 0. The quantitative estimate of drug-likeness (QED) is 0.415. The zero-order chi connectivity index (χ0) is 25.4. The van der Waals surface area contributed by atoms with Crippen molar-refractivity contribution in [1.82, 2.24) is 5.32 Å². The maximum atomic E-state index is 13.1. The number of carbonyl (C=O) groups is 4. The molecule has 0 saturated heterocycles. The number of rotatable bonds is 9. The summed E-state index contributed by atoms with van der Waals surface area (Å²) in [5.41, 5.74) is 2.24. The first-order chi connectivity index (χ1) is 16.1. The van der Waals surface area contributed by atoms with Crippen LogP contribution in [-0.4, -0.2) is 43.6 Å². The molecule has 34 heavy (non-hydrogen) atoms. The summed E-state index contributed by atoms with van der Waals surface area (Å²) in [6.07, 6.45) is 0. The molecule has 2 N–H and O–H groups in total. The lowest BCUT2D eigenvalue weighted by atomic mass is 9.85. The summed E-state index contributed by atoms with van der Waals surface area (Å²) in [5.74, 6) is -4.06. The lowest BCUT2D eigenvalue weighted by Crippen LogP contribution is -2.39. The highest BCUT2D eigenvalue weighted by Crippen LogP contribution is 2.32. The smallest absolute Gasteiger partial charge is 0.337 e. The molecule has 0 aliphatic carbocycles. The maximum absolute atomic E-state index is 13.1. The van der Waals surface area contributed by atoms with Crippen LogP contribution in [0.25, 0.3) is 0 Å². The maximum Gasteiger partial charge on any atom is 0.337 e. The van der Waals surface area contributed by atoms with Crippen molar-refractivity contribution < 1.29 is 33.4 Å². The van der Waals surface area contributed by atoms with Crippen molar-refractivity contribution in [1.29, 1.82) is 0 Å². The Morgan fingerprint density at radius 1 is 0.882 bits per heavy atom. The van der Waals surface area contributed by atoms with E-state index in [1.807, 2.05) is 12.1 Å². The minimum Gasteiger partial charge on any atom is -0.463 e. The van der Waals surface area contributed by atoms with Gasteiger partial charge < -0.3 is 24.8 Å². The largest absolute Gasteiger partial charge is 0.463 e. The Hall–Kier alpha value is -3.62. The number of carbonyl (C=O) groups excluding carboxylic acids is 4. The number of hydrogen-bond acceptors (Lipinski definition) is 8. The minimum absolute atomic E-state index is 0.0646. The van der Waals surface area contributed by atoms with E-state index in [-0.39, 0.29) is 24.4 Å². The number of nitrogens with one attached hydrogen (secondary N) is 2. The van der Waals surface area contributed by atoms with Gasteiger partial charge in [-0.15, -0.1) is 0 Å². The topological polar surface area (TPSA) is 120 Å². The van der Waals surface area contributed by atoms with Crippen LogP contribution in [-0.2, 0) is 33.4 Å². The number of dihydropyridines is 1. The first kappa shape index (κ1) is 26.6. The fourth-order valence-corrected chi connectivity index (χ4v) is 3.56. The van der Waals surface area contributed by atoms with Gasteiger partial charge in [0.15, 0.2) is 6.61 Å². The second kappa shape index (κ2) is 12.0. The summed E-state index contributed by atoms with van der Waals surface area (Å²) < 4.78 is 15.4. The van der Waals surface area contributed by atoms with Crippen molar-refractivity contribution in [3.63, 3.8) is 0 Å². The predicted octanol–water partition coefficient (Wildman–Crippen LogP) is 3.19. The van der Waals surface area contributed by atoms with Gasteiger partial charge in [-0.25, -0.2) is 9.59 Å². The average molecular weight is 473 g/mol. The molecule has 1 amide bonds. The number of allylic oxidation sites excluding steroid dienone is 2. The van der Waals surface area contributed by atoms with Crippen LogP contribution >= 0.6 is 0 Å². The van der Waals surface area contributed by atoms with Crippen LogP contribution in [0.1, 0.15) is 53.0 Å². The molecule has 0 fully saturated rings. The average Bonchev–Trinajstić information content (AvgIpc) is 2.77. The first-order valence-electron chi connectivity index (χ1n) is 11.2. The highest BCUT2D eigenvalue weighted by Gasteiger charge is 2.42. The molecular formula is C25H32N2O7. The lowest BCUT2D eigenvalue weighted by molar-refractivity contribution is -0.153. The zero-order valence-corrected chi connectivity index (χ0v) is 20.4. The van der Waals surface area contributed by atoms with E-state index in [0.29, 0.717) is 23.0 Å².